The molecule has 1 heterocycles. The van der Waals surface area contributed by atoms with Gasteiger partial charge in [-0.05, 0) is 37.5 Å². The zero-order valence-electron chi connectivity index (χ0n) is 5.82. The SMILES string of the molecule is CC1COCCN1[SH](=S)=S. The molecule has 10 heavy (non-hydrogen) atoms. The topological polar surface area (TPSA) is 12.5 Å². The van der Waals surface area contributed by atoms with Crippen molar-refractivity contribution in [3.8, 4) is 0 Å². The molecule has 1 rings (SSSR count). The summed E-state index contributed by atoms with van der Waals surface area (Å²) in [5.74, 6) is 0. The second kappa shape index (κ2) is 3.92. The molecule has 1 aliphatic heterocycles. The maximum atomic E-state index is 5.24. The van der Waals surface area contributed by atoms with Crippen LogP contribution >= 0.6 is 0 Å². The van der Waals surface area contributed by atoms with Gasteiger partial charge < -0.3 is 4.74 Å². The van der Waals surface area contributed by atoms with Crippen molar-refractivity contribution >= 4 is 30.6 Å². The van der Waals surface area contributed by atoms with Gasteiger partial charge in [0.1, 0.15) is 0 Å². The number of rotatable bonds is 1. The molecule has 2 nitrogen and oxygen atoms in total. The van der Waals surface area contributed by atoms with Gasteiger partial charge in [0, 0.05) is 12.6 Å². The van der Waals surface area contributed by atoms with E-state index in [-0.39, 0.29) is 0 Å². The van der Waals surface area contributed by atoms with Gasteiger partial charge in [0.05, 0.1) is 13.2 Å². The Balaban J connectivity index is 2.56. The Kier molecular flexibility index (Phi) is 3.45. The van der Waals surface area contributed by atoms with Crippen LogP contribution in [0.2, 0.25) is 0 Å². The van der Waals surface area contributed by atoms with Crippen LogP contribution in [0.1, 0.15) is 6.92 Å². The van der Waals surface area contributed by atoms with Gasteiger partial charge in [0.15, 0.2) is 0 Å². The van der Waals surface area contributed by atoms with E-state index >= 15 is 0 Å². The van der Waals surface area contributed by atoms with Crippen molar-refractivity contribution in [1.82, 2.24) is 4.31 Å². The lowest BCUT2D eigenvalue weighted by atomic mass is 10.3. The Morgan fingerprint density at radius 3 is 2.70 bits per heavy atom. The van der Waals surface area contributed by atoms with E-state index in [0.717, 1.165) is 19.8 Å². The van der Waals surface area contributed by atoms with Crippen molar-refractivity contribution in [3.05, 3.63) is 0 Å². The molecular weight excluding hydrogens is 186 g/mol. The highest BCUT2D eigenvalue weighted by Crippen LogP contribution is 2.05. The summed E-state index contributed by atoms with van der Waals surface area (Å²) in [6, 6.07) is 0.426. The molecule has 5 heteroatoms. The first-order valence-corrected chi connectivity index (χ1v) is 6.52. The largest absolute Gasteiger partial charge is 0.378 e. The summed E-state index contributed by atoms with van der Waals surface area (Å²) in [5, 5.41) is 0. The molecule has 0 aromatic carbocycles. The molecular formula is C5H11NOS3. The number of thiol groups is 1. The Labute approximate surface area is 72.5 Å². The van der Waals surface area contributed by atoms with Gasteiger partial charge in [-0.25, -0.2) is 4.31 Å². The third-order valence-corrected chi connectivity index (χ3v) is 3.81. The highest BCUT2D eigenvalue weighted by molar-refractivity contribution is 8.45. The van der Waals surface area contributed by atoms with E-state index < -0.39 is 8.20 Å². The molecule has 0 aromatic heterocycles. The minimum absolute atomic E-state index is 0.426. The first kappa shape index (κ1) is 8.80. The predicted octanol–water partition coefficient (Wildman–Crippen LogP) is -0.103. The fourth-order valence-electron chi connectivity index (χ4n) is 0.961. The van der Waals surface area contributed by atoms with Crippen molar-refractivity contribution in [2.45, 2.75) is 13.0 Å². The highest BCUT2D eigenvalue weighted by atomic mass is 33.1. The first-order chi connectivity index (χ1) is 4.72. The van der Waals surface area contributed by atoms with Crippen molar-refractivity contribution in [2.75, 3.05) is 19.8 Å². The maximum absolute atomic E-state index is 5.24. The van der Waals surface area contributed by atoms with E-state index in [1.165, 1.54) is 0 Å². The molecule has 0 aromatic rings. The van der Waals surface area contributed by atoms with Gasteiger partial charge >= 0.3 is 0 Å². The molecule has 0 amide bonds. The van der Waals surface area contributed by atoms with Crippen LogP contribution in [0.15, 0.2) is 0 Å². The first-order valence-electron chi connectivity index (χ1n) is 3.20. The maximum Gasteiger partial charge on any atom is 0.0629 e. The molecule has 1 atom stereocenters. The Morgan fingerprint density at radius 1 is 1.60 bits per heavy atom. The number of ether oxygens (including phenoxy) is 1. The lowest BCUT2D eigenvalue weighted by Gasteiger charge is -2.30. The normalized spacial score (nSPS) is 29.2. The van der Waals surface area contributed by atoms with Crippen molar-refractivity contribution in [2.24, 2.45) is 0 Å². The van der Waals surface area contributed by atoms with Gasteiger partial charge in [-0.3, -0.25) is 0 Å². The molecule has 0 radical (unpaired) electrons. The fraction of sp³-hybridized carbons (Fsp3) is 1.00. The summed E-state index contributed by atoms with van der Waals surface area (Å²) < 4.78 is 7.41. The van der Waals surface area contributed by atoms with Crippen LogP contribution in [-0.4, -0.2) is 30.1 Å². The molecule has 1 fully saturated rings. The lowest BCUT2D eigenvalue weighted by Crippen LogP contribution is -2.41. The Bertz CT molecular complexity index is 172. The summed E-state index contributed by atoms with van der Waals surface area (Å²) in [7, 11) is -0.738. The van der Waals surface area contributed by atoms with Gasteiger partial charge in [-0.2, -0.15) is 0 Å². The molecule has 0 spiro atoms. The molecule has 60 valence electrons. The second-order valence-corrected chi connectivity index (χ2v) is 6.08. The van der Waals surface area contributed by atoms with E-state index in [2.05, 4.69) is 11.2 Å². The summed E-state index contributed by atoms with van der Waals surface area (Å²) in [5.41, 5.74) is 0. The molecule has 1 unspecified atom stereocenters. The van der Waals surface area contributed by atoms with Gasteiger partial charge in [-0.1, -0.05) is 0 Å². The van der Waals surface area contributed by atoms with Crippen LogP contribution in [0.3, 0.4) is 0 Å². The highest BCUT2D eigenvalue weighted by Gasteiger charge is 2.16. The van der Waals surface area contributed by atoms with Crippen LogP contribution in [0.25, 0.3) is 0 Å². The average Bonchev–Trinajstić information content (AvgIpc) is 1.88. The second-order valence-electron chi connectivity index (χ2n) is 2.32. The average molecular weight is 197 g/mol. The quantitative estimate of drug-likeness (QED) is 0.589. The van der Waals surface area contributed by atoms with Crippen molar-refractivity contribution in [1.29, 1.82) is 0 Å². The van der Waals surface area contributed by atoms with Crippen LogP contribution in [-0.2, 0) is 35.3 Å². The Morgan fingerprint density at radius 2 is 2.30 bits per heavy atom. The number of hydrogen-bond donors (Lipinski definition) is 1. The Hall–Kier alpha value is 0.710. The fourth-order valence-corrected chi connectivity index (χ4v) is 3.05. The van der Waals surface area contributed by atoms with Crippen LogP contribution in [0.5, 0.6) is 0 Å². The van der Waals surface area contributed by atoms with Gasteiger partial charge in [0.25, 0.3) is 0 Å². The van der Waals surface area contributed by atoms with Crippen molar-refractivity contribution < 1.29 is 4.74 Å². The molecule has 1 saturated heterocycles. The summed E-state index contributed by atoms with van der Waals surface area (Å²) in [6.07, 6.45) is 0. The molecule has 0 bridgehead atoms. The number of nitrogens with zero attached hydrogens (tertiary/aromatic N) is 1. The van der Waals surface area contributed by atoms with E-state index in [4.69, 9.17) is 27.1 Å². The van der Waals surface area contributed by atoms with E-state index in [1.807, 2.05) is 0 Å². The van der Waals surface area contributed by atoms with Crippen molar-refractivity contribution in [3.63, 3.8) is 0 Å². The number of morpholine rings is 1. The third-order valence-electron chi connectivity index (χ3n) is 1.54. The van der Waals surface area contributed by atoms with Crippen LogP contribution < -0.4 is 0 Å². The minimum Gasteiger partial charge on any atom is -0.378 e. The van der Waals surface area contributed by atoms with Gasteiger partial charge in [-0.15, -0.1) is 0 Å². The molecule has 0 N–H and O–H groups in total. The standard InChI is InChI=1S/C5H11NOS3/c1-5-4-7-3-2-6(5)10(8)9/h5,10H,2-4H2,1H3. The van der Waals surface area contributed by atoms with E-state index in [9.17, 15) is 0 Å². The lowest BCUT2D eigenvalue weighted by molar-refractivity contribution is 0.0442. The number of hydrogen-bond acceptors (Lipinski definition) is 3. The van der Waals surface area contributed by atoms with Gasteiger partial charge in [0.2, 0.25) is 0 Å². The van der Waals surface area contributed by atoms with E-state index in [0.29, 0.717) is 6.04 Å². The predicted molar refractivity (Wildman–Crippen MR) is 50.5 cm³/mol. The molecule has 0 saturated carbocycles. The van der Waals surface area contributed by atoms with E-state index in [1.54, 1.807) is 0 Å². The third kappa shape index (κ3) is 2.10. The summed E-state index contributed by atoms with van der Waals surface area (Å²) in [4.78, 5) is 0. The zero-order chi connectivity index (χ0) is 7.56. The smallest absolute Gasteiger partial charge is 0.0629 e. The molecule has 0 aliphatic carbocycles. The monoisotopic (exact) mass is 197 g/mol. The van der Waals surface area contributed by atoms with Crippen LogP contribution in [0, 0.1) is 0 Å². The minimum atomic E-state index is -0.738. The summed E-state index contributed by atoms with van der Waals surface area (Å²) >= 11 is 10.1. The zero-order valence-corrected chi connectivity index (χ0v) is 8.35. The molecule has 1 aliphatic rings. The summed E-state index contributed by atoms with van der Waals surface area (Å²) in [6.45, 7) is 4.59. The van der Waals surface area contributed by atoms with Crippen LogP contribution in [0.4, 0.5) is 0 Å².